The van der Waals surface area contributed by atoms with Gasteiger partial charge < -0.3 is 0 Å². The minimum Gasteiger partial charge on any atom is -0.278 e. The molecule has 0 saturated carbocycles. The van der Waals surface area contributed by atoms with E-state index in [-0.39, 0.29) is 0 Å². The predicted octanol–water partition coefficient (Wildman–Crippen LogP) is 2.89. The molecule has 74 valence electrons. The third-order valence-corrected chi connectivity index (χ3v) is 2.02. The van der Waals surface area contributed by atoms with E-state index in [4.69, 9.17) is 5.53 Å². The first kappa shape index (κ1) is 9.30. The highest BCUT2D eigenvalue weighted by Crippen LogP contribution is 2.13. The number of hydrogen-bond donors (Lipinski definition) is 1. The monoisotopic (exact) mass is 199 g/mol. The van der Waals surface area contributed by atoms with Crippen LogP contribution in [0.15, 0.2) is 35.6 Å². The quantitative estimate of drug-likeness (QED) is 0.460. The molecule has 0 aliphatic heterocycles. The van der Waals surface area contributed by atoms with Crippen molar-refractivity contribution in [2.45, 2.75) is 0 Å². The highest BCUT2D eigenvalue weighted by atomic mass is 15.1. The van der Waals surface area contributed by atoms with Crippen LogP contribution in [0.5, 0.6) is 0 Å². The van der Waals surface area contributed by atoms with Gasteiger partial charge in [-0.3, -0.25) is 5.10 Å². The van der Waals surface area contributed by atoms with E-state index in [1.54, 1.807) is 6.20 Å². The molecular formula is C10H9N5. The first-order valence-electron chi connectivity index (χ1n) is 4.50. The average molecular weight is 199 g/mol. The molecule has 2 rings (SSSR count). The average Bonchev–Trinajstić information content (AvgIpc) is 2.71. The number of fused-ring (bicyclic) bond motifs is 1. The van der Waals surface area contributed by atoms with Crippen molar-refractivity contribution < 1.29 is 0 Å². The van der Waals surface area contributed by atoms with Crippen LogP contribution in [0.25, 0.3) is 27.4 Å². The summed E-state index contributed by atoms with van der Waals surface area (Å²) in [6, 6.07) is 5.97. The van der Waals surface area contributed by atoms with Crippen molar-refractivity contribution in [1.82, 2.24) is 10.2 Å². The Kier molecular flexibility index (Phi) is 2.67. The largest absolute Gasteiger partial charge is 0.278 e. The molecule has 1 heterocycles. The Hall–Kier alpha value is -2.26. The van der Waals surface area contributed by atoms with Crippen LogP contribution < -0.4 is 0 Å². The molecule has 0 aliphatic rings. The van der Waals surface area contributed by atoms with Crippen LogP contribution in [0.1, 0.15) is 5.56 Å². The van der Waals surface area contributed by atoms with Gasteiger partial charge in [-0.1, -0.05) is 23.3 Å². The molecule has 0 radical (unpaired) electrons. The maximum atomic E-state index is 8.09. The van der Waals surface area contributed by atoms with E-state index >= 15 is 0 Å². The molecule has 0 saturated heterocycles. The zero-order chi connectivity index (χ0) is 10.5. The van der Waals surface area contributed by atoms with Crippen molar-refractivity contribution >= 4 is 17.0 Å². The number of aromatic nitrogens is 2. The molecule has 1 aromatic heterocycles. The summed E-state index contributed by atoms with van der Waals surface area (Å²) in [5.41, 5.74) is 10.2. The molecule has 2 aromatic rings. The number of rotatable bonds is 3. The summed E-state index contributed by atoms with van der Waals surface area (Å²) in [6.45, 7) is 0.375. The third-order valence-electron chi connectivity index (χ3n) is 2.02. The third kappa shape index (κ3) is 2.15. The Bertz CT molecular complexity index is 533. The Morgan fingerprint density at radius 2 is 2.47 bits per heavy atom. The van der Waals surface area contributed by atoms with Crippen LogP contribution in [0, 0.1) is 0 Å². The molecule has 0 fully saturated rings. The molecule has 0 amide bonds. The minimum atomic E-state index is 0.375. The molecule has 5 heteroatoms. The number of nitrogens with zero attached hydrogens (tertiary/aromatic N) is 4. The van der Waals surface area contributed by atoms with Gasteiger partial charge in [0.2, 0.25) is 0 Å². The number of benzene rings is 1. The molecule has 0 atom stereocenters. The lowest BCUT2D eigenvalue weighted by Gasteiger charge is -1.92. The van der Waals surface area contributed by atoms with E-state index in [1.807, 2.05) is 30.4 Å². The van der Waals surface area contributed by atoms with Crippen molar-refractivity contribution in [3.63, 3.8) is 0 Å². The Morgan fingerprint density at radius 3 is 3.33 bits per heavy atom. The van der Waals surface area contributed by atoms with Gasteiger partial charge in [0.15, 0.2) is 0 Å². The van der Waals surface area contributed by atoms with Crippen LogP contribution in [0.2, 0.25) is 0 Å². The van der Waals surface area contributed by atoms with Crippen LogP contribution in [0.4, 0.5) is 0 Å². The standard InChI is InChI=1S/C10H9N5/c11-15-12-5-1-2-8-3-4-10-9(6-8)7-13-14-10/h1-4,6-7H,5H2,(H,13,14). The summed E-state index contributed by atoms with van der Waals surface area (Å²) in [5, 5.41) is 11.3. The normalized spacial score (nSPS) is 10.7. The second kappa shape index (κ2) is 4.30. The fourth-order valence-corrected chi connectivity index (χ4v) is 1.34. The first-order chi connectivity index (χ1) is 7.40. The Labute approximate surface area is 86.0 Å². The van der Waals surface area contributed by atoms with Gasteiger partial charge in [0.25, 0.3) is 0 Å². The van der Waals surface area contributed by atoms with Crippen LogP contribution in [-0.4, -0.2) is 16.7 Å². The van der Waals surface area contributed by atoms with E-state index in [1.165, 1.54) is 0 Å². The van der Waals surface area contributed by atoms with Gasteiger partial charge in [-0.05, 0) is 23.2 Å². The fourth-order valence-electron chi connectivity index (χ4n) is 1.34. The predicted molar refractivity (Wildman–Crippen MR) is 59.1 cm³/mol. The van der Waals surface area contributed by atoms with Crippen molar-refractivity contribution in [3.05, 3.63) is 46.5 Å². The van der Waals surface area contributed by atoms with Crippen LogP contribution in [-0.2, 0) is 0 Å². The first-order valence-corrected chi connectivity index (χ1v) is 4.50. The summed E-state index contributed by atoms with van der Waals surface area (Å²) >= 11 is 0. The van der Waals surface area contributed by atoms with Gasteiger partial charge in [0, 0.05) is 16.8 Å². The van der Waals surface area contributed by atoms with E-state index in [0.717, 1.165) is 16.5 Å². The molecule has 15 heavy (non-hydrogen) atoms. The maximum Gasteiger partial charge on any atom is 0.0650 e. The summed E-state index contributed by atoms with van der Waals surface area (Å²) in [7, 11) is 0. The van der Waals surface area contributed by atoms with E-state index in [2.05, 4.69) is 20.2 Å². The summed E-state index contributed by atoms with van der Waals surface area (Å²) in [6.07, 6.45) is 5.52. The molecular weight excluding hydrogens is 190 g/mol. The molecule has 1 aromatic carbocycles. The fraction of sp³-hybridized carbons (Fsp3) is 0.100. The molecule has 0 bridgehead atoms. The minimum absolute atomic E-state index is 0.375. The van der Waals surface area contributed by atoms with Gasteiger partial charge in [-0.2, -0.15) is 5.10 Å². The van der Waals surface area contributed by atoms with Gasteiger partial charge in [-0.25, -0.2) is 0 Å². The van der Waals surface area contributed by atoms with E-state index in [0.29, 0.717) is 6.54 Å². The van der Waals surface area contributed by atoms with Crippen LogP contribution >= 0.6 is 0 Å². The van der Waals surface area contributed by atoms with Crippen molar-refractivity contribution in [3.8, 4) is 0 Å². The van der Waals surface area contributed by atoms with Crippen molar-refractivity contribution in [1.29, 1.82) is 0 Å². The second-order valence-electron chi connectivity index (χ2n) is 3.03. The molecule has 5 nitrogen and oxygen atoms in total. The maximum absolute atomic E-state index is 8.09. The summed E-state index contributed by atoms with van der Waals surface area (Å²) in [5.74, 6) is 0. The zero-order valence-electron chi connectivity index (χ0n) is 7.96. The summed E-state index contributed by atoms with van der Waals surface area (Å²) in [4.78, 5) is 2.67. The van der Waals surface area contributed by atoms with Gasteiger partial charge in [-0.15, -0.1) is 0 Å². The zero-order valence-corrected chi connectivity index (χ0v) is 7.96. The number of H-pyrrole nitrogens is 1. The Morgan fingerprint density at radius 1 is 1.53 bits per heavy atom. The van der Waals surface area contributed by atoms with E-state index < -0.39 is 0 Å². The second-order valence-corrected chi connectivity index (χ2v) is 3.03. The van der Waals surface area contributed by atoms with Gasteiger partial charge in [0.05, 0.1) is 11.7 Å². The van der Waals surface area contributed by atoms with E-state index in [9.17, 15) is 0 Å². The molecule has 1 N–H and O–H groups in total. The molecule has 0 unspecified atom stereocenters. The van der Waals surface area contributed by atoms with Gasteiger partial charge in [0.1, 0.15) is 0 Å². The number of azide groups is 1. The summed E-state index contributed by atoms with van der Waals surface area (Å²) < 4.78 is 0. The number of hydrogen-bond acceptors (Lipinski definition) is 2. The number of nitrogens with one attached hydrogen (secondary N) is 1. The Balaban J connectivity index is 2.20. The highest BCUT2D eigenvalue weighted by Gasteiger charge is 1.94. The topological polar surface area (TPSA) is 77.4 Å². The smallest absolute Gasteiger partial charge is 0.0650 e. The highest BCUT2D eigenvalue weighted by molar-refractivity contribution is 5.80. The molecule has 0 spiro atoms. The number of aromatic amines is 1. The lowest BCUT2D eigenvalue weighted by atomic mass is 10.1. The van der Waals surface area contributed by atoms with Crippen LogP contribution in [0.3, 0.4) is 0 Å². The van der Waals surface area contributed by atoms with Gasteiger partial charge >= 0.3 is 0 Å². The van der Waals surface area contributed by atoms with Crippen molar-refractivity contribution in [2.75, 3.05) is 6.54 Å². The lowest BCUT2D eigenvalue weighted by Crippen LogP contribution is -1.74. The molecule has 0 aliphatic carbocycles. The van der Waals surface area contributed by atoms with Crippen molar-refractivity contribution in [2.24, 2.45) is 5.11 Å². The SMILES string of the molecule is [N-]=[N+]=NCC=Cc1ccc2[nH]ncc2c1. The lowest BCUT2D eigenvalue weighted by molar-refractivity contribution is 1.12.